The summed E-state index contributed by atoms with van der Waals surface area (Å²) in [6.07, 6.45) is 3.41. The van der Waals surface area contributed by atoms with E-state index in [0.29, 0.717) is 44.5 Å². The highest BCUT2D eigenvalue weighted by Gasteiger charge is 2.27. The first-order chi connectivity index (χ1) is 13.7. The minimum Gasteiger partial charge on any atom is -0.464 e. The van der Waals surface area contributed by atoms with Gasteiger partial charge in [0.15, 0.2) is 11.4 Å². The Hall–Kier alpha value is -3.99. The molecule has 2 N–H and O–H groups in total. The van der Waals surface area contributed by atoms with Crippen LogP contribution in [-0.4, -0.2) is 36.5 Å². The van der Waals surface area contributed by atoms with Crippen LogP contribution >= 0.6 is 0 Å². The maximum atomic E-state index is 12.8. The molecule has 0 aliphatic rings. The number of carboxylic acid groups (broad SMARTS) is 1. The standard InChI is InChI=1S/C21H17N5O3/c1-21(2,3)18(27)13-8-23-19-17(13)25-15(9-24-19)14-10-26(20(28)29)16-5-4-11(7-22)6-12(14)16/h4-6,8-10H,1-3H3,(H,23,24)(H,28,29). The number of hydrogen-bond donors (Lipinski definition) is 2. The van der Waals surface area contributed by atoms with Crippen molar-refractivity contribution in [2.24, 2.45) is 5.41 Å². The number of carbonyl (C=O) groups excluding carboxylic acids is 1. The zero-order valence-corrected chi connectivity index (χ0v) is 16.0. The molecule has 144 valence electrons. The molecule has 0 amide bonds. The summed E-state index contributed by atoms with van der Waals surface area (Å²) in [5.74, 6) is -0.0741. The number of benzene rings is 1. The number of ketones is 1. The second-order valence-electron chi connectivity index (χ2n) is 7.77. The minimum atomic E-state index is -1.15. The Bertz CT molecular complexity index is 1350. The van der Waals surface area contributed by atoms with Crippen LogP contribution in [0.15, 0.2) is 36.8 Å². The van der Waals surface area contributed by atoms with E-state index in [4.69, 9.17) is 0 Å². The highest BCUT2D eigenvalue weighted by molar-refractivity contribution is 6.09. The van der Waals surface area contributed by atoms with Crippen LogP contribution in [0.4, 0.5) is 4.79 Å². The minimum absolute atomic E-state index is 0.0741. The van der Waals surface area contributed by atoms with Crippen LogP contribution in [0, 0.1) is 16.7 Å². The monoisotopic (exact) mass is 387 g/mol. The van der Waals surface area contributed by atoms with Crippen LogP contribution in [0.2, 0.25) is 0 Å². The average molecular weight is 387 g/mol. The molecule has 3 heterocycles. The van der Waals surface area contributed by atoms with Crippen molar-refractivity contribution in [2.45, 2.75) is 20.8 Å². The smallest absolute Gasteiger partial charge is 0.416 e. The highest BCUT2D eigenvalue weighted by Crippen LogP contribution is 2.32. The molecular weight excluding hydrogens is 370 g/mol. The van der Waals surface area contributed by atoms with E-state index >= 15 is 0 Å². The van der Waals surface area contributed by atoms with Gasteiger partial charge in [0.05, 0.1) is 34.6 Å². The van der Waals surface area contributed by atoms with Crippen molar-refractivity contribution in [3.05, 3.63) is 47.9 Å². The molecule has 0 saturated carbocycles. The van der Waals surface area contributed by atoms with Crippen molar-refractivity contribution in [3.63, 3.8) is 0 Å². The summed E-state index contributed by atoms with van der Waals surface area (Å²) < 4.78 is 1.08. The van der Waals surface area contributed by atoms with E-state index in [1.807, 2.05) is 20.8 Å². The topological polar surface area (TPSA) is 125 Å². The number of nitrogens with one attached hydrogen (secondary N) is 1. The molecule has 29 heavy (non-hydrogen) atoms. The predicted octanol–water partition coefficient (Wildman–Crippen LogP) is 4.21. The van der Waals surface area contributed by atoms with Crippen LogP contribution in [0.3, 0.4) is 0 Å². The quantitative estimate of drug-likeness (QED) is 0.497. The molecule has 4 rings (SSSR count). The molecule has 0 radical (unpaired) electrons. The van der Waals surface area contributed by atoms with Crippen molar-refractivity contribution >= 4 is 33.9 Å². The molecule has 0 saturated heterocycles. The van der Waals surface area contributed by atoms with Gasteiger partial charge in [-0.3, -0.25) is 9.36 Å². The van der Waals surface area contributed by atoms with Crippen LogP contribution in [0.1, 0.15) is 36.7 Å². The first-order valence-electron chi connectivity index (χ1n) is 8.88. The van der Waals surface area contributed by atoms with E-state index in [1.165, 1.54) is 12.4 Å². The van der Waals surface area contributed by atoms with Crippen molar-refractivity contribution < 1.29 is 14.7 Å². The van der Waals surface area contributed by atoms with Gasteiger partial charge in [-0.05, 0) is 18.2 Å². The van der Waals surface area contributed by atoms with E-state index in [1.54, 1.807) is 24.4 Å². The number of nitriles is 1. The SMILES string of the molecule is CC(C)(C)C(=O)c1c[nH]c2ncc(-c3cn(C(=O)O)c4ccc(C#N)cc34)nc12. The number of Topliss-reactive ketones (excluding diaryl/α,β-unsaturated/α-hetero) is 1. The summed E-state index contributed by atoms with van der Waals surface area (Å²) in [6, 6.07) is 6.83. The van der Waals surface area contributed by atoms with Gasteiger partial charge in [-0.2, -0.15) is 5.26 Å². The van der Waals surface area contributed by atoms with Gasteiger partial charge < -0.3 is 10.1 Å². The number of carbonyl (C=O) groups is 2. The van der Waals surface area contributed by atoms with Crippen molar-refractivity contribution in [1.82, 2.24) is 19.5 Å². The molecule has 0 bridgehead atoms. The maximum absolute atomic E-state index is 12.8. The Morgan fingerprint density at radius 3 is 2.69 bits per heavy atom. The molecule has 8 nitrogen and oxygen atoms in total. The molecule has 4 aromatic rings. The van der Waals surface area contributed by atoms with Crippen LogP contribution in [0.25, 0.3) is 33.3 Å². The number of hydrogen-bond acceptors (Lipinski definition) is 5. The van der Waals surface area contributed by atoms with Crippen LogP contribution in [-0.2, 0) is 0 Å². The zero-order valence-electron chi connectivity index (χ0n) is 16.0. The van der Waals surface area contributed by atoms with Gasteiger partial charge in [0.2, 0.25) is 0 Å². The Labute approximate surface area is 165 Å². The van der Waals surface area contributed by atoms with Crippen LogP contribution in [0.5, 0.6) is 0 Å². The summed E-state index contributed by atoms with van der Waals surface area (Å²) in [6.45, 7) is 5.49. The van der Waals surface area contributed by atoms with Gasteiger partial charge >= 0.3 is 6.09 Å². The van der Waals surface area contributed by atoms with Gasteiger partial charge in [-0.15, -0.1) is 0 Å². The first-order valence-corrected chi connectivity index (χ1v) is 8.88. The summed E-state index contributed by atoms with van der Waals surface area (Å²) in [5, 5.41) is 19.3. The molecule has 0 spiro atoms. The lowest BCUT2D eigenvalue weighted by Crippen LogP contribution is -2.20. The second-order valence-corrected chi connectivity index (χ2v) is 7.77. The third-order valence-electron chi connectivity index (χ3n) is 4.72. The van der Waals surface area contributed by atoms with E-state index in [-0.39, 0.29) is 5.78 Å². The van der Waals surface area contributed by atoms with Crippen LogP contribution < -0.4 is 0 Å². The second kappa shape index (κ2) is 6.27. The molecule has 0 unspecified atom stereocenters. The van der Waals surface area contributed by atoms with Gasteiger partial charge in [-0.25, -0.2) is 14.8 Å². The molecule has 0 aliphatic heterocycles. The number of aromatic amines is 1. The van der Waals surface area contributed by atoms with E-state index in [0.717, 1.165) is 4.57 Å². The molecular formula is C21H17N5O3. The molecule has 0 aliphatic carbocycles. The maximum Gasteiger partial charge on any atom is 0.416 e. The van der Waals surface area contributed by atoms with E-state index in [9.17, 15) is 20.0 Å². The van der Waals surface area contributed by atoms with Gasteiger partial charge in [0.25, 0.3) is 0 Å². The Kier molecular flexibility index (Phi) is 3.98. The number of rotatable bonds is 2. The van der Waals surface area contributed by atoms with Crippen molar-refractivity contribution in [2.75, 3.05) is 0 Å². The number of nitrogens with zero attached hydrogens (tertiary/aromatic N) is 4. The third-order valence-corrected chi connectivity index (χ3v) is 4.72. The lowest BCUT2D eigenvalue weighted by atomic mass is 9.87. The summed E-state index contributed by atoms with van der Waals surface area (Å²) in [5.41, 5.74) is 2.52. The zero-order chi connectivity index (χ0) is 20.9. The summed E-state index contributed by atoms with van der Waals surface area (Å²) in [4.78, 5) is 36.4. The average Bonchev–Trinajstić information content (AvgIpc) is 3.27. The van der Waals surface area contributed by atoms with Gasteiger partial charge in [-0.1, -0.05) is 20.8 Å². The predicted molar refractivity (Wildman–Crippen MR) is 107 cm³/mol. The molecule has 0 fully saturated rings. The van der Waals surface area contributed by atoms with Crippen molar-refractivity contribution in [1.29, 1.82) is 5.26 Å². The Balaban J connectivity index is 1.98. The summed E-state index contributed by atoms with van der Waals surface area (Å²) >= 11 is 0. The lowest BCUT2D eigenvalue weighted by Gasteiger charge is -2.15. The molecule has 8 heteroatoms. The number of fused-ring (bicyclic) bond motifs is 2. The summed E-state index contributed by atoms with van der Waals surface area (Å²) in [7, 11) is 0. The molecule has 3 aromatic heterocycles. The largest absolute Gasteiger partial charge is 0.464 e. The normalized spacial score (nSPS) is 11.7. The third kappa shape index (κ3) is 2.93. The fraction of sp³-hybridized carbons (Fsp3) is 0.190. The Morgan fingerprint density at radius 2 is 2.03 bits per heavy atom. The van der Waals surface area contributed by atoms with E-state index < -0.39 is 11.5 Å². The van der Waals surface area contributed by atoms with Crippen molar-refractivity contribution in [3.8, 4) is 17.3 Å². The fourth-order valence-electron chi connectivity index (χ4n) is 3.26. The van der Waals surface area contributed by atoms with Gasteiger partial charge in [0, 0.05) is 28.8 Å². The Morgan fingerprint density at radius 1 is 1.28 bits per heavy atom. The molecule has 0 atom stereocenters. The van der Waals surface area contributed by atoms with E-state index in [2.05, 4.69) is 21.0 Å². The molecule has 1 aromatic carbocycles. The first kappa shape index (κ1) is 18.4. The fourth-order valence-corrected chi connectivity index (χ4v) is 3.26. The highest BCUT2D eigenvalue weighted by atomic mass is 16.4. The number of aromatic nitrogens is 4. The number of H-pyrrole nitrogens is 1. The lowest BCUT2D eigenvalue weighted by molar-refractivity contribution is 0.0860. The van der Waals surface area contributed by atoms with Gasteiger partial charge in [0.1, 0.15) is 5.52 Å².